The quantitative estimate of drug-likeness (QED) is 0.611. The highest BCUT2D eigenvalue weighted by molar-refractivity contribution is 7.99. The van der Waals surface area contributed by atoms with Gasteiger partial charge in [-0.15, -0.1) is 11.8 Å². The molecule has 1 atom stereocenters. The topological polar surface area (TPSA) is 29.3 Å². The fourth-order valence-electron chi connectivity index (χ4n) is 0.727. The summed E-state index contributed by atoms with van der Waals surface area (Å²) >= 11 is 1.74. The third-order valence-corrected chi connectivity index (χ3v) is 2.24. The molecule has 0 saturated carbocycles. The number of nitrogens with zero attached hydrogens (tertiary/aromatic N) is 1. The molecular formula is C7H18N2S. The summed E-state index contributed by atoms with van der Waals surface area (Å²) in [7, 11) is 4.18. The highest BCUT2D eigenvalue weighted by Gasteiger charge is 1.98. The SMILES string of the molecule is CSC(N)CCCN(C)C. The Bertz CT molecular complexity index is 76.0. The average Bonchev–Trinajstić information content (AvgIpc) is 1.87. The van der Waals surface area contributed by atoms with Crippen LogP contribution in [0.2, 0.25) is 0 Å². The van der Waals surface area contributed by atoms with Gasteiger partial charge in [0.05, 0.1) is 5.37 Å². The van der Waals surface area contributed by atoms with E-state index < -0.39 is 0 Å². The molecule has 0 aliphatic rings. The molecule has 0 bridgehead atoms. The summed E-state index contributed by atoms with van der Waals surface area (Å²) in [6.07, 6.45) is 4.38. The Hall–Kier alpha value is 0.270. The second-order valence-electron chi connectivity index (χ2n) is 2.72. The number of hydrogen-bond donors (Lipinski definition) is 1. The van der Waals surface area contributed by atoms with Crippen molar-refractivity contribution in [3.05, 3.63) is 0 Å². The van der Waals surface area contributed by atoms with Crippen molar-refractivity contribution in [1.29, 1.82) is 0 Å². The number of rotatable bonds is 5. The third kappa shape index (κ3) is 6.39. The van der Waals surface area contributed by atoms with Gasteiger partial charge in [0, 0.05) is 0 Å². The van der Waals surface area contributed by atoms with Crippen molar-refractivity contribution in [2.45, 2.75) is 18.2 Å². The maximum Gasteiger partial charge on any atom is 0.0504 e. The van der Waals surface area contributed by atoms with Crippen LogP contribution in [0.4, 0.5) is 0 Å². The first-order valence-corrected chi connectivity index (χ1v) is 4.88. The number of thioether (sulfide) groups is 1. The Morgan fingerprint density at radius 2 is 2.10 bits per heavy atom. The zero-order chi connectivity index (χ0) is 7.98. The van der Waals surface area contributed by atoms with Crippen LogP contribution in [0.25, 0.3) is 0 Å². The Kier molecular flexibility index (Phi) is 6.17. The third-order valence-electron chi connectivity index (χ3n) is 1.40. The minimum Gasteiger partial charge on any atom is -0.319 e. The average molecular weight is 162 g/mol. The molecule has 0 aromatic heterocycles. The summed E-state index contributed by atoms with van der Waals surface area (Å²) in [6, 6.07) is 0. The van der Waals surface area contributed by atoms with Crippen molar-refractivity contribution in [3.8, 4) is 0 Å². The Labute approximate surface area is 68.2 Å². The van der Waals surface area contributed by atoms with Gasteiger partial charge in [0.15, 0.2) is 0 Å². The van der Waals surface area contributed by atoms with Gasteiger partial charge in [0.25, 0.3) is 0 Å². The number of nitrogens with two attached hydrogens (primary N) is 1. The number of hydrogen-bond acceptors (Lipinski definition) is 3. The lowest BCUT2D eigenvalue weighted by atomic mass is 10.3. The maximum atomic E-state index is 5.70. The van der Waals surface area contributed by atoms with Crippen molar-refractivity contribution < 1.29 is 0 Å². The lowest BCUT2D eigenvalue weighted by molar-refractivity contribution is 0.393. The zero-order valence-electron chi connectivity index (χ0n) is 7.13. The molecule has 0 saturated heterocycles. The van der Waals surface area contributed by atoms with Gasteiger partial charge in [-0.25, -0.2) is 0 Å². The minimum absolute atomic E-state index is 0.333. The van der Waals surface area contributed by atoms with Gasteiger partial charge in [0.2, 0.25) is 0 Å². The maximum absolute atomic E-state index is 5.70. The fourth-order valence-corrected chi connectivity index (χ4v) is 1.13. The first-order chi connectivity index (χ1) is 4.66. The molecule has 3 heteroatoms. The van der Waals surface area contributed by atoms with E-state index >= 15 is 0 Å². The lowest BCUT2D eigenvalue weighted by Gasteiger charge is -2.11. The van der Waals surface area contributed by atoms with Crippen LogP contribution in [0.5, 0.6) is 0 Å². The summed E-state index contributed by atoms with van der Waals surface area (Å²) < 4.78 is 0. The van der Waals surface area contributed by atoms with E-state index in [-0.39, 0.29) is 0 Å². The van der Waals surface area contributed by atoms with Gasteiger partial charge in [-0.2, -0.15) is 0 Å². The van der Waals surface area contributed by atoms with Crippen LogP contribution in [-0.2, 0) is 0 Å². The summed E-state index contributed by atoms with van der Waals surface area (Å²) in [4.78, 5) is 2.19. The standard InChI is InChI=1S/C7H18N2S/c1-9(2)6-4-5-7(8)10-3/h7H,4-6,8H2,1-3H3. The first kappa shape index (κ1) is 10.3. The molecular weight excluding hydrogens is 144 g/mol. The van der Waals surface area contributed by atoms with Crippen LogP contribution < -0.4 is 5.73 Å². The fraction of sp³-hybridized carbons (Fsp3) is 1.00. The molecule has 62 valence electrons. The summed E-state index contributed by atoms with van der Waals surface area (Å²) in [5.41, 5.74) is 5.70. The van der Waals surface area contributed by atoms with Gasteiger partial charge in [-0.05, 0) is 39.7 Å². The molecule has 0 amide bonds. The van der Waals surface area contributed by atoms with Crippen molar-refractivity contribution in [1.82, 2.24) is 4.90 Å². The first-order valence-electron chi connectivity index (χ1n) is 3.60. The van der Waals surface area contributed by atoms with E-state index in [0.29, 0.717) is 5.37 Å². The van der Waals surface area contributed by atoms with Gasteiger partial charge >= 0.3 is 0 Å². The highest BCUT2D eigenvalue weighted by Crippen LogP contribution is 2.06. The molecule has 0 heterocycles. The predicted molar refractivity (Wildman–Crippen MR) is 49.3 cm³/mol. The molecule has 0 spiro atoms. The van der Waals surface area contributed by atoms with Crippen LogP contribution in [-0.4, -0.2) is 37.2 Å². The van der Waals surface area contributed by atoms with Crippen molar-refractivity contribution in [2.24, 2.45) is 5.73 Å². The Morgan fingerprint density at radius 3 is 2.50 bits per heavy atom. The van der Waals surface area contributed by atoms with E-state index in [1.54, 1.807) is 11.8 Å². The minimum atomic E-state index is 0.333. The Morgan fingerprint density at radius 1 is 1.50 bits per heavy atom. The van der Waals surface area contributed by atoms with Gasteiger partial charge in [-0.3, -0.25) is 0 Å². The zero-order valence-corrected chi connectivity index (χ0v) is 7.95. The summed E-state index contributed by atoms with van der Waals surface area (Å²) in [6.45, 7) is 1.15. The van der Waals surface area contributed by atoms with Crippen LogP contribution in [0.3, 0.4) is 0 Å². The van der Waals surface area contributed by atoms with Crippen LogP contribution in [0.15, 0.2) is 0 Å². The monoisotopic (exact) mass is 162 g/mol. The van der Waals surface area contributed by atoms with Crippen molar-refractivity contribution in [3.63, 3.8) is 0 Å². The van der Waals surface area contributed by atoms with Crippen LogP contribution in [0, 0.1) is 0 Å². The van der Waals surface area contributed by atoms with E-state index in [4.69, 9.17) is 5.73 Å². The molecule has 0 rings (SSSR count). The van der Waals surface area contributed by atoms with Crippen LogP contribution in [0.1, 0.15) is 12.8 Å². The van der Waals surface area contributed by atoms with Gasteiger partial charge < -0.3 is 10.6 Å². The highest BCUT2D eigenvalue weighted by atomic mass is 32.2. The van der Waals surface area contributed by atoms with Gasteiger partial charge in [-0.1, -0.05) is 0 Å². The molecule has 0 fully saturated rings. The largest absolute Gasteiger partial charge is 0.319 e. The molecule has 0 aliphatic heterocycles. The molecule has 0 aliphatic carbocycles. The second-order valence-corrected chi connectivity index (χ2v) is 3.80. The predicted octanol–water partition coefficient (Wildman–Crippen LogP) is 0.976. The van der Waals surface area contributed by atoms with E-state index in [1.807, 2.05) is 0 Å². The molecule has 0 aromatic rings. The van der Waals surface area contributed by atoms with E-state index in [0.717, 1.165) is 13.0 Å². The smallest absolute Gasteiger partial charge is 0.0504 e. The van der Waals surface area contributed by atoms with Gasteiger partial charge in [0.1, 0.15) is 0 Å². The molecule has 2 nitrogen and oxygen atoms in total. The van der Waals surface area contributed by atoms with E-state index in [2.05, 4.69) is 25.3 Å². The van der Waals surface area contributed by atoms with Crippen molar-refractivity contribution in [2.75, 3.05) is 26.9 Å². The summed E-state index contributed by atoms with van der Waals surface area (Å²) in [5.74, 6) is 0. The Balaban J connectivity index is 3.03. The van der Waals surface area contributed by atoms with E-state index in [1.165, 1.54) is 6.42 Å². The lowest BCUT2D eigenvalue weighted by Crippen LogP contribution is -2.19. The summed E-state index contributed by atoms with van der Waals surface area (Å²) in [5, 5.41) is 0.333. The van der Waals surface area contributed by atoms with E-state index in [9.17, 15) is 0 Å². The normalized spacial score (nSPS) is 14.1. The second kappa shape index (κ2) is 6.01. The van der Waals surface area contributed by atoms with Crippen molar-refractivity contribution >= 4 is 11.8 Å². The molecule has 0 radical (unpaired) electrons. The molecule has 2 N–H and O–H groups in total. The van der Waals surface area contributed by atoms with Crippen LogP contribution >= 0.6 is 11.8 Å². The molecule has 10 heavy (non-hydrogen) atoms. The molecule has 1 unspecified atom stereocenters. The molecule has 0 aromatic carbocycles.